The second kappa shape index (κ2) is 6.69. The Morgan fingerprint density at radius 3 is 3.08 bits per heavy atom. The Morgan fingerprint density at radius 1 is 1.40 bits per heavy atom. The molecule has 0 spiro atoms. The van der Waals surface area contributed by atoms with Gasteiger partial charge in [-0.2, -0.15) is 0 Å². The average Bonchev–Trinajstić information content (AvgIpc) is 3.08. The molecule has 2 amide bonds. The molecule has 3 aliphatic rings. The number of aryl methyl sites for hydroxylation is 1. The molecule has 2 bridgehead atoms. The summed E-state index contributed by atoms with van der Waals surface area (Å²) in [6, 6.07) is 2.07. The predicted molar refractivity (Wildman–Crippen MR) is 88.9 cm³/mol. The van der Waals surface area contributed by atoms with E-state index >= 15 is 0 Å². The lowest BCUT2D eigenvalue weighted by Crippen LogP contribution is -2.61. The van der Waals surface area contributed by atoms with Crippen molar-refractivity contribution in [1.82, 2.24) is 15.0 Å². The average molecular weight is 347 g/mol. The maximum absolute atomic E-state index is 12.7. The largest absolute Gasteiger partial charge is 0.479 e. The molecular formula is C18H25N3O4. The molecule has 0 radical (unpaired) electrons. The Bertz CT molecular complexity index is 659. The summed E-state index contributed by atoms with van der Waals surface area (Å²) < 4.78 is 10.2. The van der Waals surface area contributed by atoms with E-state index in [9.17, 15) is 9.59 Å². The van der Waals surface area contributed by atoms with Gasteiger partial charge in [-0.3, -0.25) is 9.59 Å². The van der Waals surface area contributed by atoms with Gasteiger partial charge in [-0.25, -0.2) is 0 Å². The predicted octanol–water partition coefficient (Wildman–Crippen LogP) is 1.48. The fourth-order valence-corrected chi connectivity index (χ4v) is 4.71. The summed E-state index contributed by atoms with van der Waals surface area (Å²) in [6.07, 6.45) is 4.88. The van der Waals surface area contributed by atoms with Crippen LogP contribution in [0.15, 0.2) is 10.6 Å². The van der Waals surface area contributed by atoms with Gasteiger partial charge in [-0.15, -0.1) is 0 Å². The van der Waals surface area contributed by atoms with Gasteiger partial charge in [0.1, 0.15) is 5.76 Å². The first kappa shape index (κ1) is 16.4. The third-order valence-corrected chi connectivity index (χ3v) is 5.86. The van der Waals surface area contributed by atoms with Crippen molar-refractivity contribution in [2.24, 2.45) is 11.8 Å². The second-order valence-corrected chi connectivity index (χ2v) is 7.50. The molecule has 0 aliphatic carbocycles. The van der Waals surface area contributed by atoms with E-state index < -0.39 is 0 Å². The van der Waals surface area contributed by atoms with Gasteiger partial charge in [-0.1, -0.05) is 0 Å². The first-order chi connectivity index (χ1) is 12.1. The van der Waals surface area contributed by atoms with Gasteiger partial charge < -0.3 is 19.1 Å². The molecule has 0 N–H and O–H groups in total. The zero-order valence-electron chi connectivity index (χ0n) is 14.6. The Hall–Kier alpha value is -2.05. The minimum Gasteiger partial charge on any atom is -0.479 e. The van der Waals surface area contributed by atoms with Gasteiger partial charge >= 0.3 is 0 Å². The lowest BCUT2D eigenvalue weighted by atomic mass is 9.76. The van der Waals surface area contributed by atoms with Crippen LogP contribution in [0.3, 0.4) is 0 Å². The van der Waals surface area contributed by atoms with E-state index in [0.29, 0.717) is 54.7 Å². The summed E-state index contributed by atoms with van der Waals surface area (Å²) in [5.74, 6) is 2.45. The number of methoxy groups -OCH3 is 1. The summed E-state index contributed by atoms with van der Waals surface area (Å²) in [6.45, 7) is 2.37. The third-order valence-electron chi connectivity index (χ3n) is 5.86. The molecule has 7 nitrogen and oxygen atoms in total. The molecule has 4 rings (SSSR count). The molecule has 136 valence electrons. The van der Waals surface area contributed by atoms with Crippen LogP contribution in [0.4, 0.5) is 0 Å². The highest BCUT2D eigenvalue weighted by molar-refractivity contribution is 5.78. The first-order valence-corrected chi connectivity index (χ1v) is 9.21. The van der Waals surface area contributed by atoms with Crippen LogP contribution in [-0.4, -0.2) is 59.6 Å². The summed E-state index contributed by atoms with van der Waals surface area (Å²) in [4.78, 5) is 28.9. The monoisotopic (exact) mass is 347 g/mol. The van der Waals surface area contributed by atoms with Crippen molar-refractivity contribution in [1.29, 1.82) is 0 Å². The van der Waals surface area contributed by atoms with E-state index in [1.165, 1.54) is 0 Å². The van der Waals surface area contributed by atoms with Gasteiger partial charge in [0.05, 0.1) is 7.11 Å². The van der Waals surface area contributed by atoms with Crippen LogP contribution in [0, 0.1) is 11.8 Å². The van der Waals surface area contributed by atoms with Crippen LogP contribution in [0.2, 0.25) is 0 Å². The van der Waals surface area contributed by atoms with Gasteiger partial charge in [0, 0.05) is 51.0 Å². The van der Waals surface area contributed by atoms with Crippen molar-refractivity contribution < 1.29 is 18.8 Å². The maximum atomic E-state index is 12.7. The number of carbonyl (C=O) groups excluding carboxylic acids is 2. The third kappa shape index (κ3) is 3.24. The molecule has 25 heavy (non-hydrogen) atoms. The van der Waals surface area contributed by atoms with Gasteiger partial charge in [0.2, 0.25) is 11.8 Å². The van der Waals surface area contributed by atoms with Crippen molar-refractivity contribution >= 4 is 11.8 Å². The molecule has 1 aromatic heterocycles. The molecule has 3 atom stereocenters. The fourth-order valence-electron chi connectivity index (χ4n) is 4.71. The second-order valence-electron chi connectivity index (χ2n) is 7.50. The number of rotatable bonds is 4. The zero-order valence-corrected chi connectivity index (χ0v) is 14.6. The molecular weight excluding hydrogens is 322 g/mol. The summed E-state index contributed by atoms with van der Waals surface area (Å²) in [5, 5.41) is 3.76. The standard InChI is InChI=1S/C18H25N3O4/c1-24-16-8-14(25-19-16)5-6-17(22)20-9-12-7-13(11-20)15-3-2-4-18(23)21(15)10-12/h8,12-13,15H,2-7,9-11H2,1H3. The molecule has 3 aliphatic heterocycles. The van der Waals surface area contributed by atoms with E-state index in [4.69, 9.17) is 9.26 Å². The number of aromatic nitrogens is 1. The molecule has 0 aromatic carbocycles. The first-order valence-electron chi connectivity index (χ1n) is 9.21. The van der Waals surface area contributed by atoms with Crippen LogP contribution in [0.25, 0.3) is 0 Å². The number of nitrogens with zero attached hydrogens (tertiary/aromatic N) is 3. The molecule has 0 saturated carbocycles. The van der Waals surface area contributed by atoms with Crippen molar-refractivity contribution in [3.8, 4) is 5.88 Å². The van der Waals surface area contributed by atoms with E-state index in [-0.39, 0.29) is 5.91 Å². The molecule has 7 heteroatoms. The highest BCUT2D eigenvalue weighted by atomic mass is 16.5. The number of piperidine rings is 3. The van der Waals surface area contributed by atoms with Crippen LogP contribution in [0.5, 0.6) is 5.88 Å². The summed E-state index contributed by atoms with van der Waals surface area (Å²) in [7, 11) is 1.54. The number of carbonyl (C=O) groups is 2. The minimum absolute atomic E-state index is 0.167. The van der Waals surface area contributed by atoms with Crippen LogP contribution >= 0.6 is 0 Å². The van der Waals surface area contributed by atoms with Crippen molar-refractivity contribution in [3.63, 3.8) is 0 Å². The van der Waals surface area contributed by atoms with E-state index in [2.05, 4.69) is 10.1 Å². The van der Waals surface area contributed by atoms with Crippen molar-refractivity contribution in [2.45, 2.75) is 44.6 Å². The van der Waals surface area contributed by atoms with E-state index in [0.717, 1.165) is 38.9 Å². The number of amides is 2. The number of ether oxygens (including phenoxy) is 1. The topological polar surface area (TPSA) is 75.9 Å². The zero-order chi connectivity index (χ0) is 17.4. The van der Waals surface area contributed by atoms with Gasteiger partial charge in [0.15, 0.2) is 0 Å². The lowest BCUT2D eigenvalue weighted by Gasteiger charge is -2.52. The molecule has 3 fully saturated rings. The molecule has 3 unspecified atom stereocenters. The highest BCUT2D eigenvalue weighted by Gasteiger charge is 2.44. The lowest BCUT2D eigenvalue weighted by molar-refractivity contribution is -0.148. The smallest absolute Gasteiger partial charge is 0.254 e. The molecule has 4 heterocycles. The summed E-state index contributed by atoms with van der Waals surface area (Å²) >= 11 is 0. The number of likely N-dealkylation sites (tertiary alicyclic amines) is 1. The maximum Gasteiger partial charge on any atom is 0.254 e. The van der Waals surface area contributed by atoms with Crippen LogP contribution < -0.4 is 4.74 Å². The van der Waals surface area contributed by atoms with Gasteiger partial charge in [-0.05, 0) is 36.3 Å². The van der Waals surface area contributed by atoms with E-state index in [1.807, 2.05) is 4.90 Å². The minimum atomic E-state index is 0.167. The van der Waals surface area contributed by atoms with Crippen LogP contribution in [-0.2, 0) is 16.0 Å². The Balaban J connectivity index is 1.36. The number of fused-ring (bicyclic) bond motifs is 4. The Kier molecular flexibility index (Phi) is 4.39. The van der Waals surface area contributed by atoms with Gasteiger partial charge in [0.25, 0.3) is 5.88 Å². The number of hydrogen-bond donors (Lipinski definition) is 0. The molecule has 1 aromatic rings. The summed E-state index contributed by atoms with van der Waals surface area (Å²) in [5.41, 5.74) is 0. The SMILES string of the molecule is COc1cc(CCC(=O)N2CC3CC(C2)C2CCCC(=O)N2C3)on1. The molecule has 3 saturated heterocycles. The highest BCUT2D eigenvalue weighted by Crippen LogP contribution is 2.38. The van der Waals surface area contributed by atoms with Crippen molar-refractivity contribution in [2.75, 3.05) is 26.7 Å². The normalized spacial score (nSPS) is 28.7. The Morgan fingerprint density at radius 2 is 2.28 bits per heavy atom. The fraction of sp³-hybridized carbons (Fsp3) is 0.722. The van der Waals surface area contributed by atoms with Crippen molar-refractivity contribution in [3.05, 3.63) is 11.8 Å². The number of hydrogen-bond acceptors (Lipinski definition) is 5. The van der Waals surface area contributed by atoms with Crippen LogP contribution in [0.1, 0.15) is 37.9 Å². The Labute approximate surface area is 147 Å². The quantitative estimate of drug-likeness (QED) is 0.824. The van der Waals surface area contributed by atoms with E-state index in [1.54, 1.807) is 13.2 Å².